The van der Waals surface area contributed by atoms with Crippen molar-refractivity contribution in [1.29, 1.82) is 0 Å². The summed E-state index contributed by atoms with van der Waals surface area (Å²) in [7, 11) is 0. The van der Waals surface area contributed by atoms with Gasteiger partial charge in [-0.05, 0) is 22.6 Å². The van der Waals surface area contributed by atoms with E-state index >= 15 is 0 Å². The first-order valence-electron chi connectivity index (χ1n) is 3.01. The maximum Gasteiger partial charge on any atom is 0.176 e. The molecule has 0 saturated carbocycles. The summed E-state index contributed by atoms with van der Waals surface area (Å²) in [5.74, 6) is 0.454. The van der Waals surface area contributed by atoms with Gasteiger partial charge < -0.3 is 5.73 Å². The van der Waals surface area contributed by atoms with Gasteiger partial charge >= 0.3 is 0 Å². The van der Waals surface area contributed by atoms with Gasteiger partial charge in [0.2, 0.25) is 0 Å². The number of aromatic nitrogens is 4. The van der Waals surface area contributed by atoms with Gasteiger partial charge in [0.15, 0.2) is 5.65 Å². The Morgan fingerprint density at radius 3 is 2.92 bits per heavy atom. The number of nitrogens with two attached hydrogens (primary N) is 1. The molecule has 2 aromatic heterocycles. The minimum Gasteiger partial charge on any atom is -0.383 e. The predicted molar refractivity (Wildman–Crippen MR) is 56.8 cm³/mol. The van der Waals surface area contributed by atoms with Crippen molar-refractivity contribution in [3.8, 4) is 0 Å². The van der Waals surface area contributed by atoms with E-state index in [4.69, 9.17) is 5.73 Å². The minimum atomic E-state index is 0.454. The van der Waals surface area contributed by atoms with Crippen LogP contribution in [0.15, 0.2) is 6.33 Å². The first kappa shape index (κ1) is 8.17. The third kappa shape index (κ3) is 1.07. The molecule has 0 saturated heterocycles. The van der Waals surface area contributed by atoms with Gasteiger partial charge in [-0.3, -0.25) is 0 Å². The second-order valence-electron chi connectivity index (χ2n) is 2.11. The number of fused-ring (bicyclic) bond motifs is 1. The summed E-state index contributed by atoms with van der Waals surface area (Å²) in [6, 6.07) is 0. The summed E-state index contributed by atoms with van der Waals surface area (Å²) in [6.07, 6.45) is 1.41. The lowest BCUT2D eigenvalue weighted by molar-refractivity contribution is 1.02. The van der Waals surface area contributed by atoms with Crippen LogP contribution in [-0.2, 0) is 0 Å². The summed E-state index contributed by atoms with van der Waals surface area (Å²) in [4.78, 5) is 7.89. The molecule has 0 amide bonds. The fourth-order valence-electron chi connectivity index (χ4n) is 0.902. The number of anilines is 1. The van der Waals surface area contributed by atoms with E-state index in [1.54, 1.807) is 0 Å². The molecule has 0 radical (unpaired) electrons. The fourth-order valence-corrected chi connectivity index (χ4v) is 2.36. The maximum atomic E-state index is 5.64. The van der Waals surface area contributed by atoms with E-state index in [0.717, 1.165) is 9.09 Å². The normalized spacial score (nSPS) is 10.8. The lowest BCUT2D eigenvalue weighted by atomic mass is 10.4. The van der Waals surface area contributed by atoms with Crippen LogP contribution < -0.4 is 5.73 Å². The number of rotatable bonds is 0. The van der Waals surface area contributed by atoms with E-state index in [2.05, 4.69) is 53.8 Å². The van der Waals surface area contributed by atoms with Crippen LogP contribution in [0.2, 0.25) is 0 Å². The Kier molecular flexibility index (Phi) is 1.91. The van der Waals surface area contributed by atoms with Crippen LogP contribution in [0.25, 0.3) is 11.0 Å². The van der Waals surface area contributed by atoms with Crippen LogP contribution in [0, 0.1) is 3.70 Å². The predicted octanol–water partition coefficient (Wildman–Crippen LogP) is 1.17. The van der Waals surface area contributed by atoms with Crippen molar-refractivity contribution >= 4 is 55.6 Å². The van der Waals surface area contributed by atoms with Gasteiger partial charge in [0.25, 0.3) is 0 Å². The lowest BCUT2D eigenvalue weighted by Crippen LogP contribution is -1.92. The van der Waals surface area contributed by atoms with Gasteiger partial charge in [-0.15, -0.1) is 0 Å². The fraction of sp³-hybridized carbons (Fsp3) is 0. The zero-order valence-corrected chi connectivity index (χ0v) is 9.44. The van der Waals surface area contributed by atoms with Crippen LogP contribution in [0.3, 0.4) is 0 Å². The third-order valence-electron chi connectivity index (χ3n) is 1.41. The Balaban J connectivity index is 2.99. The Morgan fingerprint density at radius 2 is 2.25 bits per heavy atom. The van der Waals surface area contributed by atoms with Crippen molar-refractivity contribution < 1.29 is 0 Å². The third-order valence-corrected chi connectivity index (χ3v) is 2.66. The molecule has 12 heavy (non-hydrogen) atoms. The van der Waals surface area contributed by atoms with E-state index in [9.17, 15) is 0 Å². The first-order chi connectivity index (χ1) is 5.70. The highest BCUT2D eigenvalue weighted by Gasteiger charge is 2.10. The Hall–Kier alpha value is -0.440. The van der Waals surface area contributed by atoms with Crippen LogP contribution >= 0.6 is 38.7 Å². The number of hydrogen-bond acceptors (Lipinski definition) is 4. The zero-order chi connectivity index (χ0) is 8.72. The SMILES string of the molecule is Nc1ncnc2c1c(I)nn2Br. The largest absolute Gasteiger partial charge is 0.383 e. The van der Waals surface area contributed by atoms with Gasteiger partial charge in [0, 0.05) is 0 Å². The summed E-state index contributed by atoms with van der Waals surface area (Å²) < 4.78 is 2.29. The molecule has 2 N–H and O–H groups in total. The number of nitrogens with zero attached hydrogens (tertiary/aromatic N) is 4. The molecule has 2 aromatic rings. The second kappa shape index (κ2) is 2.80. The second-order valence-corrected chi connectivity index (χ2v) is 3.80. The minimum absolute atomic E-state index is 0.454. The molecule has 7 heteroatoms. The van der Waals surface area contributed by atoms with Crippen LogP contribution in [-0.4, -0.2) is 18.8 Å². The summed E-state index contributed by atoms with van der Waals surface area (Å²) in [6.45, 7) is 0. The van der Waals surface area contributed by atoms with Crippen molar-refractivity contribution in [1.82, 2.24) is 18.8 Å². The molecular weight excluding hydrogens is 337 g/mol. The van der Waals surface area contributed by atoms with E-state index in [1.807, 2.05) is 0 Å². The quantitative estimate of drug-likeness (QED) is 0.731. The zero-order valence-electron chi connectivity index (χ0n) is 5.70. The highest BCUT2D eigenvalue weighted by Crippen LogP contribution is 2.23. The van der Waals surface area contributed by atoms with Crippen molar-refractivity contribution in [3.63, 3.8) is 0 Å². The standard InChI is InChI=1S/C5H3BrIN5/c6-12-5-2(3(7)11-12)4(8)9-1-10-5/h1H,(H2,8,9,10). The molecular formula is C5H3BrIN5. The topological polar surface area (TPSA) is 69.6 Å². The Labute approximate surface area is 89.8 Å². The molecule has 0 aromatic carbocycles. The summed E-state index contributed by atoms with van der Waals surface area (Å²) in [5, 5.41) is 4.88. The van der Waals surface area contributed by atoms with Gasteiger partial charge in [0.05, 0.1) is 21.5 Å². The molecule has 0 aliphatic heterocycles. The Morgan fingerprint density at radius 1 is 1.50 bits per heavy atom. The summed E-state index contributed by atoms with van der Waals surface area (Å²) in [5.41, 5.74) is 6.33. The lowest BCUT2D eigenvalue weighted by Gasteiger charge is -1.92. The highest BCUT2D eigenvalue weighted by atomic mass is 127. The summed E-state index contributed by atoms with van der Waals surface area (Å²) >= 11 is 5.29. The van der Waals surface area contributed by atoms with E-state index in [0.29, 0.717) is 11.5 Å². The number of halogens is 2. The van der Waals surface area contributed by atoms with E-state index in [-0.39, 0.29) is 0 Å². The smallest absolute Gasteiger partial charge is 0.176 e. The van der Waals surface area contributed by atoms with Crippen LogP contribution in [0.5, 0.6) is 0 Å². The van der Waals surface area contributed by atoms with E-state index in [1.165, 1.54) is 10.0 Å². The molecule has 2 rings (SSSR count). The molecule has 0 aliphatic rings. The van der Waals surface area contributed by atoms with Crippen molar-refractivity contribution in [2.24, 2.45) is 0 Å². The molecule has 0 spiro atoms. The van der Waals surface area contributed by atoms with Crippen LogP contribution in [0.4, 0.5) is 5.82 Å². The Bertz CT molecular complexity index is 439. The van der Waals surface area contributed by atoms with E-state index < -0.39 is 0 Å². The molecule has 62 valence electrons. The monoisotopic (exact) mass is 339 g/mol. The molecule has 0 aliphatic carbocycles. The molecule has 0 atom stereocenters. The molecule has 5 nitrogen and oxygen atoms in total. The number of hydrogen-bond donors (Lipinski definition) is 1. The van der Waals surface area contributed by atoms with Crippen molar-refractivity contribution in [2.45, 2.75) is 0 Å². The molecule has 0 unspecified atom stereocenters. The molecule has 2 heterocycles. The average molecular weight is 340 g/mol. The first-order valence-corrected chi connectivity index (χ1v) is 4.80. The molecule has 0 fully saturated rings. The van der Waals surface area contributed by atoms with Gasteiger partial charge in [-0.2, -0.15) is 8.81 Å². The van der Waals surface area contributed by atoms with Gasteiger partial charge in [-0.25, -0.2) is 9.97 Å². The van der Waals surface area contributed by atoms with Crippen LogP contribution in [0.1, 0.15) is 0 Å². The van der Waals surface area contributed by atoms with Gasteiger partial charge in [-0.1, -0.05) is 0 Å². The maximum absolute atomic E-state index is 5.64. The van der Waals surface area contributed by atoms with Crippen molar-refractivity contribution in [3.05, 3.63) is 10.0 Å². The van der Waals surface area contributed by atoms with Crippen molar-refractivity contribution in [2.75, 3.05) is 5.73 Å². The number of nitrogen functional groups attached to an aromatic ring is 1. The molecule has 0 bridgehead atoms. The average Bonchev–Trinajstić information content (AvgIpc) is 2.29. The van der Waals surface area contributed by atoms with Gasteiger partial charge in [0.1, 0.15) is 15.8 Å². The highest BCUT2D eigenvalue weighted by molar-refractivity contribution is 14.1.